The van der Waals surface area contributed by atoms with Gasteiger partial charge in [0.25, 0.3) is 0 Å². The van der Waals surface area contributed by atoms with E-state index in [1.165, 1.54) is 0 Å². The molecule has 0 fully saturated rings. The van der Waals surface area contributed by atoms with Gasteiger partial charge in [-0.1, -0.05) is 18.2 Å². The van der Waals surface area contributed by atoms with Crippen LogP contribution in [-0.4, -0.2) is 25.8 Å². The minimum absolute atomic E-state index is 0.0920. The second-order valence-electron chi connectivity index (χ2n) is 6.43. The van der Waals surface area contributed by atoms with Crippen LogP contribution in [0, 0.1) is 11.7 Å². The normalized spacial score (nSPS) is 13.4. The first kappa shape index (κ1) is 17.1. The third-order valence-electron chi connectivity index (χ3n) is 3.35. The van der Waals surface area contributed by atoms with Crippen molar-refractivity contribution in [1.82, 2.24) is 5.32 Å². The van der Waals surface area contributed by atoms with E-state index in [0.29, 0.717) is 5.92 Å². The van der Waals surface area contributed by atoms with Gasteiger partial charge in [-0.15, -0.1) is 0 Å². The Morgan fingerprint density at radius 1 is 1.25 bits per heavy atom. The molecule has 1 rings (SSSR count). The average Bonchev–Trinajstić information content (AvgIpc) is 2.37. The van der Waals surface area contributed by atoms with Crippen molar-refractivity contribution in [2.75, 3.05) is 20.3 Å². The van der Waals surface area contributed by atoms with Gasteiger partial charge in [0.15, 0.2) is 0 Å². The summed E-state index contributed by atoms with van der Waals surface area (Å²) in [6.07, 6.45) is 2.84. The molecule has 0 saturated carbocycles. The maximum atomic E-state index is 13.8. The Kier molecular flexibility index (Phi) is 7.17. The van der Waals surface area contributed by atoms with E-state index in [9.17, 15) is 4.39 Å². The SMILES string of the molecule is COCCCC(CNC(C)(C)C)Cc1ccccc1F. The van der Waals surface area contributed by atoms with Crippen molar-refractivity contribution in [1.29, 1.82) is 0 Å². The van der Waals surface area contributed by atoms with Gasteiger partial charge in [0.2, 0.25) is 0 Å². The number of hydrogen-bond donors (Lipinski definition) is 1. The lowest BCUT2D eigenvalue weighted by atomic mass is 9.93. The van der Waals surface area contributed by atoms with Gasteiger partial charge in [-0.2, -0.15) is 0 Å². The number of methoxy groups -OCH3 is 1. The molecule has 0 aliphatic heterocycles. The second kappa shape index (κ2) is 8.38. The zero-order chi connectivity index (χ0) is 15.0. The van der Waals surface area contributed by atoms with Crippen LogP contribution in [-0.2, 0) is 11.2 Å². The Hall–Kier alpha value is -0.930. The highest BCUT2D eigenvalue weighted by molar-refractivity contribution is 5.17. The highest BCUT2D eigenvalue weighted by Crippen LogP contribution is 2.17. The molecule has 0 aliphatic carbocycles. The minimum Gasteiger partial charge on any atom is -0.385 e. The van der Waals surface area contributed by atoms with Gasteiger partial charge >= 0.3 is 0 Å². The lowest BCUT2D eigenvalue weighted by molar-refractivity contribution is 0.185. The molecule has 20 heavy (non-hydrogen) atoms. The van der Waals surface area contributed by atoms with Crippen molar-refractivity contribution < 1.29 is 9.13 Å². The van der Waals surface area contributed by atoms with Gasteiger partial charge < -0.3 is 10.1 Å². The van der Waals surface area contributed by atoms with E-state index in [4.69, 9.17) is 4.74 Å². The third kappa shape index (κ3) is 7.01. The molecule has 0 saturated heterocycles. The molecule has 2 nitrogen and oxygen atoms in total. The van der Waals surface area contributed by atoms with Crippen LogP contribution in [0.1, 0.15) is 39.2 Å². The standard InChI is InChI=1S/C17H28FNO/c1-17(2,3)19-13-14(8-7-11-20-4)12-15-9-5-6-10-16(15)18/h5-6,9-10,14,19H,7-8,11-13H2,1-4H3. The summed E-state index contributed by atoms with van der Waals surface area (Å²) < 4.78 is 18.9. The Morgan fingerprint density at radius 3 is 2.55 bits per heavy atom. The fraction of sp³-hybridized carbons (Fsp3) is 0.647. The highest BCUT2D eigenvalue weighted by atomic mass is 19.1. The predicted molar refractivity (Wildman–Crippen MR) is 82.5 cm³/mol. The quantitative estimate of drug-likeness (QED) is 0.732. The Bertz CT molecular complexity index is 387. The van der Waals surface area contributed by atoms with Crippen LogP contribution in [0.2, 0.25) is 0 Å². The molecule has 1 N–H and O–H groups in total. The van der Waals surface area contributed by atoms with E-state index in [2.05, 4.69) is 26.1 Å². The molecule has 0 radical (unpaired) electrons. The number of hydrogen-bond acceptors (Lipinski definition) is 2. The molecule has 0 heterocycles. The van der Waals surface area contributed by atoms with Crippen LogP contribution in [0.4, 0.5) is 4.39 Å². The maximum Gasteiger partial charge on any atom is 0.126 e. The monoisotopic (exact) mass is 281 g/mol. The summed E-state index contributed by atoms with van der Waals surface area (Å²) in [6, 6.07) is 7.07. The van der Waals surface area contributed by atoms with E-state index >= 15 is 0 Å². The van der Waals surface area contributed by atoms with E-state index < -0.39 is 0 Å². The molecule has 1 atom stereocenters. The average molecular weight is 281 g/mol. The van der Waals surface area contributed by atoms with Gasteiger partial charge in [-0.3, -0.25) is 0 Å². The molecular formula is C17H28FNO. The Morgan fingerprint density at radius 2 is 1.95 bits per heavy atom. The molecule has 1 unspecified atom stereocenters. The molecule has 0 aliphatic rings. The molecule has 0 bridgehead atoms. The summed E-state index contributed by atoms with van der Waals surface area (Å²) in [5.41, 5.74) is 0.903. The Labute approximate surface area is 122 Å². The first-order chi connectivity index (χ1) is 9.42. The number of nitrogens with one attached hydrogen (secondary N) is 1. The summed E-state index contributed by atoms with van der Waals surface area (Å²) in [6.45, 7) is 8.14. The molecular weight excluding hydrogens is 253 g/mol. The summed E-state index contributed by atoms with van der Waals surface area (Å²) in [5, 5.41) is 3.53. The first-order valence-electron chi connectivity index (χ1n) is 7.40. The number of rotatable bonds is 8. The van der Waals surface area contributed by atoms with Crippen LogP contribution >= 0.6 is 0 Å². The van der Waals surface area contributed by atoms with Crippen molar-refractivity contribution >= 4 is 0 Å². The van der Waals surface area contributed by atoms with Gasteiger partial charge in [0, 0.05) is 19.3 Å². The zero-order valence-electron chi connectivity index (χ0n) is 13.2. The highest BCUT2D eigenvalue weighted by Gasteiger charge is 2.16. The van der Waals surface area contributed by atoms with Crippen molar-refractivity contribution in [2.24, 2.45) is 5.92 Å². The zero-order valence-corrected chi connectivity index (χ0v) is 13.2. The number of halogens is 1. The van der Waals surface area contributed by atoms with E-state index in [1.807, 2.05) is 12.1 Å². The van der Waals surface area contributed by atoms with Crippen LogP contribution < -0.4 is 5.32 Å². The summed E-state index contributed by atoms with van der Waals surface area (Å²) >= 11 is 0. The van der Waals surface area contributed by atoms with Crippen molar-refractivity contribution in [3.63, 3.8) is 0 Å². The van der Waals surface area contributed by atoms with Crippen molar-refractivity contribution in [2.45, 2.75) is 45.6 Å². The lowest BCUT2D eigenvalue weighted by Crippen LogP contribution is -2.39. The van der Waals surface area contributed by atoms with Gasteiger partial charge in [-0.25, -0.2) is 4.39 Å². The molecule has 114 valence electrons. The molecule has 0 amide bonds. The van der Waals surface area contributed by atoms with E-state index in [0.717, 1.165) is 38.0 Å². The number of ether oxygens (including phenoxy) is 1. The fourth-order valence-corrected chi connectivity index (χ4v) is 2.22. The fourth-order valence-electron chi connectivity index (χ4n) is 2.22. The summed E-state index contributed by atoms with van der Waals surface area (Å²) in [7, 11) is 1.72. The molecule has 3 heteroatoms. The number of benzene rings is 1. The largest absolute Gasteiger partial charge is 0.385 e. The molecule has 1 aromatic carbocycles. The molecule has 0 aromatic heterocycles. The molecule has 1 aromatic rings. The van der Waals surface area contributed by atoms with Crippen LogP contribution in [0.3, 0.4) is 0 Å². The lowest BCUT2D eigenvalue weighted by Gasteiger charge is -2.25. The van der Waals surface area contributed by atoms with E-state index in [-0.39, 0.29) is 11.4 Å². The summed E-state index contributed by atoms with van der Waals surface area (Å²) in [5.74, 6) is 0.335. The van der Waals surface area contributed by atoms with Crippen LogP contribution in [0.25, 0.3) is 0 Å². The Balaban J connectivity index is 2.59. The summed E-state index contributed by atoms with van der Waals surface area (Å²) in [4.78, 5) is 0. The smallest absolute Gasteiger partial charge is 0.126 e. The van der Waals surface area contributed by atoms with Gasteiger partial charge in [-0.05, 0) is 64.1 Å². The molecule has 0 spiro atoms. The first-order valence-corrected chi connectivity index (χ1v) is 7.40. The third-order valence-corrected chi connectivity index (χ3v) is 3.35. The van der Waals surface area contributed by atoms with Crippen LogP contribution in [0.5, 0.6) is 0 Å². The van der Waals surface area contributed by atoms with Gasteiger partial charge in [0.05, 0.1) is 0 Å². The maximum absolute atomic E-state index is 13.8. The van der Waals surface area contributed by atoms with E-state index in [1.54, 1.807) is 19.2 Å². The second-order valence-corrected chi connectivity index (χ2v) is 6.43. The predicted octanol–water partition coefficient (Wildman–Crippen LogP) is 3.80. The van der Waals surface area contributed by atoms with Crippen LogP contribution in [0.15, 0.2) is 24.3 Å². The van der Waals surface area contributed by atoms with Gasteiger partial charge in [0.1, 0.15) is 5.82 Å². The minimum atomic E-state index is -0.0972. The van der Waals surface area contributed by atoms with Crippen molar-refractivity contribution in [3.05, 3.63) is 35.6 Å². The van der Waals surface area contributed by atoms with Crippen molar-refractivity contribution in [3.8, 4) is 0 Å². The topological polar surface area (TPSA) is 21.3 Å².